The Kier molecular flexibility index (Phi) is 4.98. The minimum absolute atomic E-state index is 0.188. The summed E-state index contributed by atoms with van der Waals surface area (Å²) in [7, 11) is 0. The highest BCUT2D eigenvalue weighted by Gasteiger charge is 2.11. The van der Waals surface area contributed by atoms with Crippen molar-refractivity contribution in [1.29, 1.82) is 0 Å². The van der Waals surface area contributed by atoms with Gasteiger partial charge in [-0.05, 0) is 32.4 Å². The maximum absolute atomic E-state index is 11.6. The molecule has 2 aromatic heterocycles. The Morgan fingerprint density at radius 2 is 2.05 bits per heavy atom. The lowest BCUT2D eigenvalue weighted by Crippen LogP contribution is -2.16. The highest BCUT2D eigenvalue weighted by molar-refractivity contribution is 5.82. The summed E-state index contributed by atoms with van der Waals surface area (Å²) in [5, 5.41) is 3.12. The van der Waals surface area contributed by atoms with Gasteiger partial charge in [0, 0.05) is 23.9 Å². The Labute approximate surface area is 124 Å². The third-order valence-electron chi connectivity index (χ3n) is 3.27. The fourth-order valence-electron chi connectivity index (χ4n) is 1.96. The predicted molar refractivity (Wildman–Crippen MR) is 83.1 cm³/mol. The van der Waals surface area contributed by atoms with Gasteiger partial charge in [0.25, 0.3) is 0 Å². The molecule has 0 aliphatic rings. The van der Waals surface area contributed by atoms with E-state index in [2.05, 4.69) is 20.3 Å². The van der Waals surface area contributed by atoms with Gasteiger partial charge in [0.2, 0.25) is 0 Å². The van der Waals surface area contributed by atoms with Crippen LogP contribution in [0, 0.1) is 13.8 Å². The SMILES string of the molecule is CCCC(=O)CNc1nc(-c2ccccn2)nc(C)c1C. The van der Waals surface area contributed by atoms with Gasteiger partial charge < -0.3 is 5.32 Å². The Hall–Kier alpha value is -2.30. The molecule has 0 saturated heterocycles. The van der Waals surface area contributed by atoms with Crippen molar-refractivity contribution in [2.75, 3.05) is 11.9 Å². The molecule has 2 aromatic rings. The molecule has 2 rings (SSSR count). The largest absolute Gasteiger partial charge is 0.363 e. The summed E-state index contributed by atoms with van der Waals surface area (Å²) >= 11 is 0. The number of carbonyl (C=O) groups excluding carboxylic acids is 1. The minimum Gasteiger partial charge on any atom is -0.363 e. The second-order valence-electron chi connectivity index (χ2n) is 4.96. The summed E-state index contributed by atoms with van der Waals surface area (Å²) in [6, 6.07) is 5.63. The van der Waals surface area contributed by atoms with Crippen LogP contribution in [0.2, 0.25) is 0 Å². The highest BCUT2D eigenvalue weighted by atomic mass is 16.1. The summed E-state index contributed by atoms with van der Waals surface area (Å²) in [4.78, 5) is 24.9. The van der Waals surface area contributed by atoms with E-state index >= 15 is 0 Å². The van der Waals surface area contributed by atoms with Crippen molar-refractivity contribution in [3.63, 3.8) is 0 Å². The van der Waals surface area contributed by atoms with E-state index < -0.39 is 0 Å². The number of Topliss-reactive ketones (excluding diaryl/α,β-unsaturated/α-hetero) is 1. The number of ketones is 1. The number of hydrogen-bond acceptors (Lipinski definition) is 5. The van der Waals surface area contributed by atoms with E-state index in [4.69, 9.17) is 0 Å². The van der Waals surface area contributed by atoms with Crippen LogP contribution in [0.4, 0.5) is 5.82 Å². The van der Waals surface area contributed by atoms with Gasteiger partial charge in [-0.25, -0.2) is 9.97 Å². The number of nitrogens with zero attached hydrogens (tertiary/aromatic N) is 3. The van der Waals surface area contributed by atoms with Crippen LogP contribution in [0.3, 0.4) is 0 Å². The third-order valence-corrected chi connectivity index (χ3v) is 3.27. The standard InChI is InChI=1S/C16H20N4O/c1-4-7-13(21)10-18-15-11(2)12(3)19-16(20-15)14-8-5-6-9-17-14/h5-6,8-9H,4,7,10H2,1-3H3,(H,18,19,20). The van der Waals surface area contributed by atoms with Crippen LogP contribution in [0.1, 0.15) is 31.0 Å². The number of carbonyl (C=O) groups is 1. The van der Waals surface area contributed by atoms with Crippen molar-refractivity contribution in [2.45, 2.75) is 33.6 Å². The number of nitrogens with one attached hydrogen (secondary N) is 1. The highest BCUT2D eigenvalue weighted by Crippen LogP contribution is 2.20. The molecule has 0 aliphatic heterocycles. The fraction of sp³-hybridized carbons (Fsp3) is 0.375. The van der Waals surface area contributed by atoms with Gasteiger partial charge in [0.1, 0.15) is 11.5 Å². The molecule has 110 valence electrons. The summed E-state index contributed by atoms with van der Waals surface area (Å²) in [6.07, 6.45) is 3.16. The zero-order chi connectivity index (χ0) is 15.2. The first-order chi connectivity index (χ1) is 10.1. The van der Waals surface area contributed by atoms with Crippen molar-refractivity contribution < 1.29 is 4.79 Å². The van der Waals surface area contributed by atoms with Crippen molar-refractivity contribution in [2.24, 2.45) is 0 Å². The van der Waals surface area contributed by atoms with Gasteiger partial charge in [-0.2, -0.15) is 0 Å². The molecule has 21 heavy (non-hydrogen) atoms. The van der Waals surface area contributed by atoms with Crippen LogP contribution in [0.25, 0.3) is 11.5 Å². The van der Waals surface area contributed by atoms with Crippen molar-refractivity contribution in [3.05, 3.63) is 35.7 Å². The van der Waals surface area contributed by atoms with Crippen LogP contribution in [0.5, 0.6) is 0 Å². The maximum Gasteiger partial charge on any atom is 0.180 e. The Morgan fingerprint density at radius 1 is 1.24 bits per heavy atom. The number of pyridine rings is 1. The van der Waals surface area contributed by atoms with Gasteiger partial charge in [-0.1, -0.05) is 13.0 Å². The summed E-state index contributed by atoms with van der Waals surface area (Å²) in [5.74, 6) is 1.46. The molecule has 0 bridgehead atoms. The third kappa shape index (κ3) is 3.84. The van der Waals surface area contributed by atoms with Gasteiger partial charge in [-0.3, -0.25) is 9.78 Å². The molecule has 0 amide bonds. The average Bonchev–Trinajstić information content (AvgIpc) is 2.50. The number of rotatable bonds is 6. The van der Waals surface area contributed by atoms with E-state index in [1.165, 1.54) is 0 Å². The van der Waals surface area contributed by atoms with Crippen LogP contribution in [0.15, 0.2) is 24.4 Å². The number of aromatic nitrogens is 3. The Morgan fingerprint density at radius 3 is 2.71 bits per heavy atom. The van der Waals surface area contributed by atoms with Gasteiger partial charge in [0.05, 0.1) is 6.54 Å². The van der Waals surface area contributed by atoms with Crippen molar-refractivity contribution >= 4 is 11.6 Å². The first-order valence-corrected chi connectivity index (χ1v) is 7.14. The van der Waals surface area contributed by atoms with Gasteiger partial charge in [-0.15, -0.1) is 0 Å². The molecule has 0 spiro atoms. The number of hydrogen-bond donors (Lipinski definition) is 1. The van der Waals surface area contributed by atoms with Crippen LogP contribution >= 0.6 is 0 Å². The number of anilines is 1. The topological polar surface area (TPSA) is 67.8 Å². The van der Waals surface area contributed by atoms with E-state index in [1.54, 1.807) is 6.20 Å². The molecule has 0 aliphatic carbocycles. The second-order valence-corrected chi connectivity index (χ2v) is 4.96. The van der Waals surface area contributed by atoms with Gasteiger partial charge >= 0.3 is 0 Å². The molecular formula is C16H20N4O. The maximum atomic E-state index is 11.6. The molecule has 5 heteroatoms. The Balaban J connectivity index is 2.25. The summed E-state index contributed by atoms with van der Waals surface area (Å²) < 4.78 is 0. The fourth-order valence-corrected chi connectivity index (χ4v) is 1.96. The Bertz CT molecular complexity index is 626. The summed E-state index contributed by atoms with van der Waals surface area (Å²) in [6.45, 7) is 6.18. The zero-order valence-electron chi connectivity index (χ0n) is 12.7. The molecular weight excluding hydrogens is 264 g/mol. The molecule has 2 heterocycles. The normalized spacial score (nSPS) is 10.4. The lowest BCUT2D eigenvalue weighted by atomic mass is 10.2. The first-order valence-electron chi connectivity index (χ1n) is 7.14. The van der Waals surface area contributed by atoms with Gasteiger partial charge in [0.15, 0.2) is 11.6 Å². The molecule has 0 radical (unpaired) electrons. The van der Waals surface area contributed by atoms with E-state index in [9.17, 15) is 4.79 Å². The quantitative estimate of drug-likeness (QED) is 0.883. The average molecular weight is 284 g/mol. The van der Waals surface area contributed by atoms with Crippen molar-refractivity contribution in [1.82, 2.24) is 15.0 Å². The molecule has 0 aromatic carbocycles. The monoisotopic (exact) mass is 284 g/mol. The van der Waals surface area contributed by atoms with Crippen LogP contribution < -0.4 is 5.32 Å². The lowest BCUT2D eigenvalue weighted by Gasteiger charge is -2.11. The molecule has 0 fully saturated rings. The smallest absolute Gasteiger partial charge is 0.180 e. The van der Waals surface area contributed by atoms with E-state index in [1.807, 2.05) is 39.0 Å². The summed E-state index contributed by atoms with van der Waals surface area (Å²) in [5.41, 5.74) is 2.57. The van der Waals surface area contributed by atoms with E-state index in [0.717, 1.165) is 23.4 Å². The van der Waals surface area contributed by atoms with E-state index in [-0.39, 0.29) is 5.78 Å². The zero-order valence-corrected chi connectivity index (χ0v) is 12.7. The molecule has 0 unspecified atom stereocenters. The molecule has 1 N–H and O–H groups in total. The van der Waals surface area contributed by atoms with Crippen LogP contribution in [-0.2, 0) is 4.79 Å². The molecule has 0 saturated carbocycles. The predicted octanol–water partition coefficient (Wildman–Crippen LogP) is 2.94. The van der Waals surface area contributed by atoms with Crippen molar-refractivity contribution in [3.8, 4) is 11.5 Å². The molecule has 0 atom stereocenters. The lowest BCUT2D eigenvalue weighted by molar-refractivity contribution is -0.117. The molecule has 5 nitrogen and oxygen atoms in total. The first kappa shape index (κ1) is 15.1. The number of aryl methyl sites for hydroxylation is 1. The van der Waals surface area contributed by atoms with Crippen LogP contribution in [-0.4, -0.2) is 27.3 Å². The second kappa shape index (κ2) is 6.92. The minimum atomic E-state index is 0.188. The van der Waals surface area contributed by atoms with E-state index in [0.29, 0.717) is 24.6 Å².